The Morgan fingerprint density at radius 3 is 2.53 bits per heavy atom. The number of piperidine rings is 2. The Balaban J connectivity index is 1.22. The smallest absolute Gasteiger partial charge is 0.355 e. The van der Waals surface area contributed by atoms with Crippen LogP contribution in [0.4, 0.5) is 13.2 Å². The van der Waals surface area contributed by atoms with E-state index in [4.69, 9.17) is 11.6 Å². The third-order valence-electron chi connectivity index (χ3n) is 9.13. The van der Waals surface area contributed by atoms with Crippen molar-refractivity contribution in [3.63, 3.8) is 0 Å². The van der Waals surface area contributed by atoms with Crippen molar-refractivity contribution in [2.45, 2.75) is 99.8 Å². The van der Waals surface area contributed by atoms with Crippen LogP contribution < -0.4 is 16.1 Å². The second-order valence-electron chi connectivity index (χ2n) is 11.2. The van der Waals surface area contributed by atoms with Crippen LogP contribution >= 0.6 is 11.6 Å². The van der Waals surface area contributed by atoms with Gasteiger partial charge >= 0.3 is 6.18 Å². The number of rotatable bonds is 4. The molecule has 4 saturated heterocycles. The molecule has 12 heteroatoms. The van der Waals surface area contributed by atoms with E-state index < -0.39 is 30.0 Å². The summed E-state index contributed by atoms with van der Waals surface area (Å²) in [5, 5.41) is 8.49. The maximum Gasteiger partial charge on any atom is 0.409 e. The van der Waals surface area contributed by atoms with Gasteiger partial charge < -0.3 is 10.2 Å². The number of fused-ring (bicyclic) bond motifs is 3. The monoisotopic (exact) mass is 534 g/mol. The average molecular weight is 535 g/mol. The quantitative estimate of drug-likeness (QED) is 0.378. The van der Waals surface area contributed by atoms with Crippen LogP contribution in [0.25, 0.3) is 0 Å². The number of carbonyl (C=O) groups is 2. The number of alkyl halides is 4. The third kappa shape index (κ3) is 5.23. The number of nitrogens with one attached hydrogen (secondary N) is 3. The molecule has 4 unspecified atom stereocenters. The number of hydrogen-bond donors (Lipinski definition) is 3. The summed E-state index contributed by atoms with van der Waals surface area (Å²) in [6.45, 7) is 1.95. The minimum absolute atomic E-state index is 0.0732. The van der Waals surface area contributed by atoms with Crippen LogP contribution in [0.2, 0.25) is 0 Å². The molecule has 0 aromatic heterocycles. The van der Waals surface area contributed by atoms with Gasteiger partial charge in [0, 0.05) is 51.1 Å². The van der Waals surface area contributed by atoms with Crippen molar-refractivity contribution in [1.29, 1.82) is 0 Å². The van der Waals surface area contributed by atoms with E-state index in [1.807, 2.05) is 0 Å². The molecule has 0 bridgehead atoms. The fraction of sp³-hybridized carbons (Fsp3) is 0.917. The molecule has 4 heterocycles. The van der Waals surface area contributed by atoms with E-state index in [0.717, 1.165) is 37.3 Å². The van der Waals surface area contributed by atoms with E-state index in [2.05, 4.69) is 26.0 Å². The van der Waals surface area contributed by atoms with Gasteiger partial charge in [0.15, 0.2) is 0 Å². The standard InChI is InChI=1S/C24H38ClF3N6O2/c1-32(23(36)15-6-9-21(35)30-12-15)22(24(26,27)28)14-4-7-16(8-5-14)33-10-2-3-17-18(33)13-29-20-11-19(25)31-34(17)20/h14-20,22,29,31H,2-13H2,1H3,(H,30,35)/t14?,15-,16?,17?,18?,19?,20?,22-/m0/s1. The highest BCUT2D eigenvalue weighted by Crippen LogP contribution is 2.41. The largest absolute Gasteiger partial charge is 0.409 e. The number of hydrazine groups is 1. The number of amides is 2. The SMILES string of the molecule is CN(C(=O)[C@H]1CCC(=O)NC1)[C@@H](C1CCC(N2CCCC3C2CNC2CC(Cl)NN23)CC1)C(F)(F)F. The van der Waals surface area contributed by atoms with Crippen molar-refractivity contribution < 1.29 is 22.8 Å². The zero-order valence-electron chi connectivity index (χ0n) is 20.8. The van der Waals surface area contributed by atoms with Crippen LogP contribution in [-0.2, 0) is 9.59 Å². The van der Waals surface area contributed by atoms with Gasteiger partial charge in [-0.05, 0) is 57.4 Å². The van der Waals surface area contributed by atoms with Crippen molar-refractivity contribution in [1.82, 2.24) is 30.9 Å². The lowest BCUT2D eigenvalue weighted by Gasteiger charge is -2.53. The molecule has 1 saturated carbocycles. The Morgan fingerprint density at radius 1 is 1.11 bits per heavy atom. The lowest BCUT2D eigenvalue weighted by atomic mass is 9.78. The highest BCUT2D eigenvalue weighted by molar-refractivity contribution is 6.20. The number of hydrogen-bond acceptors (Lipinski definition) is 6. The number of carbonyl (C=O) groups excluding carboxylic acids is 2. The van der Waals surface area contributed by atoms with Crippen LogP contribution in [0.15, 0.2) is 0 Å². The van der Waals surface area contributed by atoms with Crippen molar-refractivity contribution in [3.05, 3.63) is 0 Å². The van der Waals surface area contributed by atoms with Gasteiger partial charge in [-0.3, -0.25) is 19.8 Å². The second-order valence-corrected chi connectivity index (χ2v) is 11.7. The van der Waals surface area contributed by atoms with Gasteiger partial charge in [0.25, 0.3) is 0 Å². The van der Waals surface area contributed by atoms with E-state index in [1.54, 1.807) is 0 Å². The van der Waals surface area contributed by atoms with Gasteiger partial charge in [-0.2, -0.15) is 13.2 Å². The van der Waals surface area contributed by atoms with E-state index in [1.165, 1.54) is 7.05 Å². The van der Waals surface area contributed by atoms with Gasteiger partial charge in [-0.25, -0.2) is 10.4 Å². The summed E-state index contributed by atoms with van der Waals surface area (Å²) >= 11 is 6.34. The molecule has 5 fully saturated rings. The Labute approximate surface area is 215 Å². The Bertz CT molecular complexity index is 816. The van der Waals surface area contributed by atoms with E-state index >= 15 is 0 Å². The van der Waals surface area contributed by atoms with E-state index in [0.29, 0.717) is 44.2 Å². The molecule has 4 aliphatic heterocycles. The van der Waals surface area contributed by atoms with Crippen LogP contribution in [0.1, 0.15) is 57.8 Å². The maximum atomic E-state index is 14.3. The highest BCUT2D eigenvalue weighted by atomic mass is 35.5. The normalized spacial score (nSPS) is 39.1. The second kappa shape index (κ2) is 10.6. The van der Waals surface area contributed by atoms with E-state index in [-0.39, 0.29) is 36.6 Å². The zero-order chi connectivity index (χ0) is 25.6. The van der Waals surface area contributed by atoms with Crippen molar-refractivity contribution in [2.24, 2.45) is 11.8 Å². The number of halogens is 4. The minimum Gasteiger partial charge on any atom is -0.355 e. The van der Waals surface area contributed by atoms with Gasteiger partial charge in [0.1, 0.15) is 6.04 Å². The molecule has 204 valence electrons. The van der Waals surface area contributed by atoms with Crippen LogP contribution in [0.5, 0.6) is 0 Å². The summed E-state index contributed by atoms with van der Waals surface area (Å²) in [5.74, 6) is -1.87. The first-order chi connectivity index (χ1) is 17.1. The number of nitrogens with zero attached hydrogens (tertiary/aromatic N) is 3. The maximum absolute atomic E-state index is 14.3. The molecule has 0 radical (unpaired) electrons. The molecule has 0 spiro atoms. The predicted octanol–water partition coefficient (Wildman–Crippen LogP) is 2.00. The molecule has 5 rings (SSSR count). The number of likely N-dealkylation sites (tertiary alicyclic amines) is 1. The lowest BCUT2D eigenvalue weighted by molar-refractivity contribution is -0.203. The first-order valence-electron chi connectivity index (χ1n) is 13.4. The van der Waals surface area contributed by atoms with Gasteiger partial charge in [0.05, 0.1) is 17.6 Å². The summed E-state index contributed by atoms with van der Waals surface area (Å²) < 4.78 is 42.8. The fourth-order valence-corrected chi connectivity index (χ4v) is 7.67. The molecule has 6 atom stereocenters. The fourth-order valence-electron chi connectivity index (χ4n) is 7.39. The Hall–Kier alpha value is -1.14. The summed E-state index contributed by atoms with van der Waals surface area (Å²) in [4.78, 5) is 27.8. The van der Waals surface area contributed by atoms with Crippen LogP contribution in [0.3, 0.4) is 0 Å². The van der Waals surface area contributed by atoms with Gasteiger partial charge in [-0.1, -0.05) is 0 Å². The molecule has 0 aromatic rings. The molecule has 3 N–H and O–H groups in total. The molecule has 0 aromatic carbocycles. The van der Waals surface area contributed by atoms with Crippen molar-refractivity contribution in [3.8, 4) is 0 Å². The summed E-state index contributed by atoms with van der Waals surface area (Å²) in [6.07, 6.45) is 1.55. The molecular weight excluding hydrogens is 497 g/mol. The Kier molecular flexibility index (Phi) is 7.76. The molecule has 5 aliphatic rings. The highest BCUT2D eigenvalue weighted by Gasteiger charge is 2.52. The molecule has 8 nitrogen and oxygen atoms in total. The topological polar surface area (TPSA) is 80.0 Å². The third-order valence-corrected chi connectivity index (χ3v) is 9.41. The molecule has 1 aliphatic carbocycles. The van der Waals surface area contributed by atoms with Gasteiger partial charge in [0.2, 0.25) is 11.8 Å². The first-order valence-corrected chi connectivity index (χ1v) is 13.8. The molecule has 36 heavy (non-hydrogen) atoms. The molecular formula is C24H38ClF3N6O2. The summed E-state index contributed by atoms with van der Waals surface area (Å²) in [7, 11) is 1.29. The van der Waals surface area contributed by atoms with Crippen molar-refractivity contribution in [2.75, 3.05) is 26.7 Å². The predicted molar refractivity (Wildman–Crippen MR) is 129 cm³/mol. The lowest BCUT2D eigenvalue weighted by Crippen LogP contribution is -2.70. The van der Waals surface area contributed by atoms with Gasteiger partial charge in [-0.15, -0.1) is 11.6 Å². The van der Waals surface area contributed by atoms with Crippen LogP contribution in [0, 0.1) is 11.8 Å². The Morgan fingerprint density at radius 2 is 1.86 bits per heavy atom. The first kappa shape index (κ1) is 26.5. The van der Waals surface area contributed by atoms with Crippen LogP contribution in [-0.4, -0.2) is 95.3 Å². The van der Waals surface area contributed by atoms with E-state index in [9.17, 15) is 22.8 Å². The molecule has 2 amide bonds. The minimum atomic E-state index is -4.49. The zero-order valence-corrected chi connectivity index (χ0v) is 21.5. The van der Waals surface area contributed by atoms with Crippen molar-refractivity contribution >= 4 is 23.4 Å². The average Bonchev–Trinajstić information content (AvgIpc) is 3.24. The summed E-state index contributed by atoms with van der Waals surface area (Å²) in [6, 6.07) is -0.862. The summed E-state index contributed by atoms with van der Waals surface area (Å²) in [5.41, 5.74) is 3.32.